The summed E-state index contributed by atoms with van der Waals surface area (Å²) in [6, 6.07) is 9.47. The molecule has 0 spiro atoms. The van der Waals surface area contributed by atoms with Crippen LogP contribution in [-0.4, -0.2) is 4.98 Å². The Morgan fingerprint density at radius 2 is 2.17 bits per heavy atom. The minimum absolute atomic E-state index is 0.129. The molecule has 0 fully saturated rings. The van der Waals surface area contributed by atoms with Gasteiger partial charge in [-0.2, -0.15) is 5.26 Å². The molecule has 2 aromatic rings. The Morgan fingerprint density at radius 1 is 1.33 bits per heavy atom. The van der Waals surface area contributed by atoms with E-state index >= 15 is 0 Å². The number of nitriles is 1. The molecule has 0 aliphatic carbocycles. The molecule has 0 aliphatic rings. The van der Waals surface area contributed by atoms with Crippen molar-refractivity contribution in [2.24, 2.45) is 0 Å². The molecule has 5 heteroatoms. The van der Waals surface area contributed by atoms with Gasteiger partial charge in [0.15, 0.2) is 0 Å². The highest BCUT2D eigenvalue weighted by Gasteiger charge is 2.05. The number of ether oxygens (including phenoxy) is 1. The highest BCUT2D eigenvalue weighted by atomic mass is 79.9. The first kappa shape index (κ1) is 12.5. The molecule has 0 unspecified atom stereocenters. The number of hydrogen-bond donors (Lipinski definition) is 0. The maximum absolute atomic E-state index is 13.1. The van der Waals surface area contributed by atoms with E-state index in [4.69, 9.17) is 10.00 Å². The smallest absolute Gasteiger partial charge is 0.138 e. The van der Waals surface area contributed by atoms with Gasteiger partial charge < -0.3 is 4.74 Å². The molecule has 90 valence electrons. The molecule has 18 heavy (non-hydrogen) atoms. The Labute approximate surface area is 112 Å². The van der Waals surface area contributed by atoms with Crippen LogP contribution in [0.2, 0.25) is 0 Å². The first-order valence-electron chi connectivity index (χ1n) is 5.12. The molecule has 3 nitrogen and oxygen atoms in total. The van der Waals surface area contributed by atoms with Crippen LogP contribution in [0.3, 0.4) is 0 Å². The van der Waals surface area contributed by atoms with E-state index in [0.717, 1.165) is 0 Å². The van der Waals surface area contributed by atoms with Crippen molar-refractivity contribution in [3.05, 3.63) is 58.1 Å². The van der Waals surface area contributed by atoms with E-state index < -0.39 is 0 Å². The van der Waals surface area contributed by atoms with E-state index in [0.29, 0.717) is 21.5 Å². The zero-order valence-corrected chi connectivity index (χ0v) is 10.8. The van der Waals surface area contributed by atoms with Gasteiger partial charge in [0.1, 0.15) is 22.8 Å². The Hall–Kier alpha value is -1.93. The Balaban J connectivity index is 2.13. The molecule has 0 bridgehead atoms. The van der Waals surface area contributed by atoms with Gasteiger partial charge in [0, 0.05) is 5.56 Å². The van der Waals surface area contributed by atoms with E-state index in [1.165, 1.54) is 18.2 Å². The predicted octanol–water partition coefficient (Wildman–Crippen LogP) is 3.43. The molecule has 0 amide bonds. The molecule has 0 N–H and O–H groups in total. The molecule has 0 radical (unpaired) electrons. The van der Waals surface area contributed by atoms with Gasteiger partial charge >= 0.3 is 0 Å². The minimum Gasteiger partial charge on any atom is -0.487 e. The summed E-state index contributed by atoms with van der Waals surface area (Å²) >= 11 is 3.21. The number of hydrogen-bond acceptors (Lipinski definition) is 3. The summed E-state index contributed by atoms with van der Waals surface area (Å²) in [6.07, 6.45) is 1.55. The van der Waals surface area contributed by atoms with E-state index in [9.17, 15) is 4.39 Å². The summed E-state index contributed by atoms with van der Waals surface area (Å²) in [5.74, 6) is 0.174. The molecule has 0 atom stereocenters. The third-order valence-electron chi connectivity index (χ3n) is 2.28. The number of nitrogens with zero attached hydrogens (tertiary/aromatic N) is 2. The Morgan fingerprint density at radius 3 is 2.83 bits per heavy atom. The van der Waals surface area contributed by atoms with Crippen LogP contribution in [0.1, 0.15) is 11.1 Å². The first-order valence-corrected chi connectivity index (χ1v) is 5.91. The summed E-state index contributed by atoms with van der Waals surface area (Å²) in [5.41, 5.74) is 0.918. The van der Waals surface area contributed by atoms with Crippen molar-refractivity contribution in [3.63, 3.8) is 0 Å². The number of aromatic nitrogens is 1. The lowest BCUT2D eigenvalue weighted by Gasteiger charge is -2.07. The molecular formula is C13H8BrFN2O. The third kappa shape index (κ3) is 3.05. The summed E-state index contributed by atoms with van der Waals surface area (Å²) in [6.45, 7) is 0.129. The fourth-order valence-electron chi connectivity index (χ4n) is 1.40. The summed E-state index contributed by atoms with van der Waals surface area (Å²) in [7, 11) is 0. The van der Waals surface area contributed by atoms with Crippen LogP contribution in [0.25, 0.3) is 0 Å². The van der Waals surface area contributed by atoms with Crippen molar-refractivity contribution in [1.82, 2.24) is 4.98 Å². The Bertz CT molecular complexity index is 593. The maximum Gasteiger partial charge on any atom is 0.138 e. The lowest BCUT2D eigenvalue weighted by atomic mass is 10.1. The summed E-state index contributed by atoms with van der Waals surface area (Å²) < 4.78 is 19.2. The second kappa shape index (κ2) is 5.61. The van der Waals surface area contributed by atoms with Gasteiger partial charge in [-0.05, 0) is 46.3 Å². The van der Waals surface area contributed by atoms with E-state index in [2.05, 4.69) is 20.9 Å². The Kier molecular flexibility index (Phi) is 3.90. The number of rotatable bonds is 3. The predicted molar refractivity (Wildman–Crippen MR) is 67.4 cm³/mol. The normalized spacial score (nSPS) is 9.83. The molecule has 1 heterocycles. The monoisotopic (exact) mass is 306 g/mol. The SMILES string of the molecule is N#Cc1ccc(F)cc1COc1ccc(Br)nc1. The first-order chi connectivity index (χ1) is 8.69. The second-order valence-corrected chi connectivity index (χ2v) is 4.33. The van der Waals surface area contributed by atoms with Gasteiger partial charge in [-0.1, -0.05) is 0 Å². The molecule has 2 rings (SSSR count). The fraction of sp³-hybridized carbons (Fsp3) is 0.0769. The lowest BCUT2D eigenvalue weighted by molar-refractivity contribution is 0.304. The van der Waals surface area contributed by atoms with Gasteiger partial charge in [0.05, 0.1) is 17.8 Å². The van der Waals surface area contributed by atoms with Crippen LogP contribution >= 0.6 is 15.9 Å². The van der Waals surface area contributed by atoms with Gasteiger partial charge in [-0.25, -0.2) is 9.37 Å². The van der Waals surface area contributed by atoms with E-state index in [1.54, 1.807) is 18.3 Å². The minimum atomic E-state index is -0.387. The van der Waals surface area contributed by atoms with Crippen LogP contribution in [0.4, 0.5) is 4.39 Å². The molecule has 1 aromatic heterocycles. The van der Waals surface area contributed by atoms with Gasteiger partial charge in [0.2, 0.25) is 0 Å². The fourth-order valence-corrected chi connectivity index (χ4v) is 1.63. The van der Waals surface area contributed by atoms with Gasteiger partial charge in [0.25, 0.3) is 0 Å². The highest BCUT2D eigenvalue weighted by molar-refractivity contribution is 9.10. The van der Waals surface area contributed by atoms with Crippen LogP contribution in [0.15, 0.2) is 41.1 Å². The zero-order valence-electron chi connectivity index (χ0n) is 9.23. The molecule has 0 aliphatic heterocycles. The largest absolute Gasteiger partial charge is 0.487 e. The van der Waals surface area contributed by atoms with Crippen molar-refractivity contribution < 1.29 is 9.13 Å². The van der Waals surface area contributed by atoms with Crippen LogP contribution < -0.4 is 4.74 Å². The lowest BCUT2D eigenvalue weighted by Crippen LogP contribution is -1.99. The second-order valence-electron chi connectivity index (χ2n) is 3.52. The van der Waals surface area contributed by atoms with Crippen molar-refractivity contribution in [2.75, 3.05) is 0 Å². The van der Waals surface area contributed by atoms with Crippen molar-refractivity contribution >= 4 is 15.9 Å². The van der Waals surface area contributed by atoms with Crippen molar-refractivity contribution in [2.45, 2.75) is 6.61 Å². The van der Waals surface area contributed by atoms with E-state index in [-0.39, 0.29) is 12.4 Å². The van der Waals surface area contributed by atoms with Crippen molar-refractivity contribution in [1.29, 1.82) is 5.26 Å². The quantitative estimate of drug-likeness (QED) is 0.816. The highest BCUT2D eigenvalue weighted by Crippen LogP contribution is 2.16. The third-order valence-corrected chi connectivity index (χ3v) is 2.75. The number of benzene rings is 1. The van der Waals surface area contributed by atoms with Crippen LogP contribution in [-0.2, 0) is 6.61 Å². The molecule has 1 aromatic carbocycles. The molecule has 0 saturated heterocycles. The van der Waals surface area contributed by atoms with Gasteiger partial charge in [-0.3, -0.25) is 0 Å². The molecular weight excluding hydrogens is 299 g/mol. The zero-order chi connectivity index (χ0) is 13.0. The van der Waals surface area contributed by atoms with E-state index in [1.807, 2.05) is 6.07 Å². The van der Waals surface area contributed by atoms with Gasteiger partial charge in [-0.15, -0.1) is 0 Å². The number of halogens is 2. The average Bonchev–Trinajstić information content (AvgIpc) is 2.38. The van der Waals surface area contributed by atoms with Crippen LogP contribution in [0, 0.1) is 17.1 Å². The average molecular weight is 307 g/mol. The molecule has 0 saturated carbocycles. The summed E-state index contributed by atoms with van der Waals surface area (Å²) in [4.78, 5) is 4.00. The topological polar surface area (TPSA) is 45.9 Å². The number of pyridine rings is 1. The van der Waals surface area contributed by atoms with Crippen molar-refractivity contribution in [3.8, 4) is 11.8 Å². The summed E-state index contributed by atoms with van der Waals surface area (Å²) in [5, 5.41) is 8.90. The van der Waals surface area contributed by atoms with Crippen LogP contribution in [0.5, 0.6) is 5.75 Å². The standard InChI is InChI=1S/C13H8BrFN2O/c14-13-4-3-12(7-17-13)18-8-10-5-11(15)2-1-9(10)6-16/h1-5,7H,8H2. The maximum atomic E-state index is 13.1.